The van der Waals surface area contributed by atoms with E-state index in [4.69, 9.17) is 46.4 Å². The van der Waals surface area contributed by atoms with E-state index in [0.717, 1.165) is 36.2 Å². The largest absolute Gasteiger partial charge is 0.352 e. The van der Waals surface area contributed by atoms with E-state index < -0.39 is 28.5 Å². The van der Waals surface area contributed by atoms with E-state index in [9.17, 15) is 18.0 Å². The predicted octanol–water partition coefficient (Wildman–Crippen LogP) is 5.93. The summed E-state index contributed by atoms with van der Waals surface area (Å²) in [6.07, 6.45) is 5.17. The number of anilines is 1. The van der Waals surface area contributed by atoms with Crippen molar-refractivity contribution < 1.29 is 18.0 Å². The van der Waals surface area contributed by atoms with Gasteiger partial charge < -0.3 is 10.2 Å². The predicted molar refractivity (Wildman–Crippen MR) is 150 cm³/mol. The highest BCUT2D eigenvalue weighted by atomic mass is 35.5. The lowest BCUT2D eigenvalue weighted by molar-refractivity contribution is -0.140. The molecule has 37 heavy (non-hydrogen) atoms. The van der Waals surface area contributed by atoms with Crippen molar-refractivity contribution in [2.24, 2.45) is 0 Å². The maximum atomic E-state index is 13.8. The van der Waals surface area contributed by atoms with Crippen LogP contribution in [0.3, 0.4) is 0 Å². The summed E-state index contributed by atoms with van der Waals surface area (Å²) in [6.45, 7) is 1.27. The molecule has 0 unspecified atom stereocenters. The summed E-state index contributed by atoms with van der Waals surface area (Å²) in [7, 11) is -3.92. The number of amides is 2. The van der Waals surface area contributed by atoms with E-state index in [2.05, 4.69) is 5.32 Å². The second-order valence-corrected chi connectivity index (χ2v) is 12.6. The molecule has 0 bridgehead atoms. The molecule has 2 aromatic rings. The quantitative estimate of drug-likeness (QED) is 0.362. The molecule has 0 aliphatic heterocycles. The monoisotopic (exact) mass is 607 g/mol. The molecular formula is C25H29Cl4N3O4S. The van der Waals surface area contributed by atoms with Gasteiger partial charge in [0.1, 0.15) is 12.6 Å². The maximum Gasteiger partial charge on any atom is 0.244 e. The first-order chi connectivity index (χ1) is 17.4. The maximum absolute atomic E-state index is 13.8. The molecule has 2 amide bonds. The first-order valence-corrected chi connectivity index (χ1v) is 15.2. The van der Waals surface area contributed by atoms with Crippen LogP contribution in [0.1, 0.15) is 44.6 Å². The zero-order chi connectivity index (χ0) is 27.3. The van der Waals surface area contributed by atoms with Gasteiger partial charge >= 0.3 is 0 Å². The fourth-order valence-electron chi connectivity index (χ4n) is 4.40. The van der Waals surface area contributed by atoms with Crippen LogP contribution < -0.4 is 9.62 Å². The van der Waals surface area contributed by atoms with Gasteiger partial charge in [0.25, 0.3) is 0 Å². The van der Waals surface area contributed by atoms with Gasteiger partial charge in [0.2, 0.25) is 21.8 Å². The van der Waals surface area contributed by atoms with Gasteiger partial charge in [0.05, 0.1) is 27.0 Å². The fourth-order valence-corrected chi connectivity index (χ4v) is 6.14. The Morgan fingerprint density at radius 2 is 1.68 bits per heavy atom. The third-order valence-corrected chi connectivity index (χ3v) is 8.69. The molecule has 2 aromatic carbocycles. The van der Waals surface area contributed by atoms with E-state index in [1.807, 2.05) is 0 Å². The Hall–Kier alpha value is -1.71. The Balaban J connectivity index is 1.96. The number of sulfonamides is 1. The van der Waals surface area contributed by atoms with E-state index in [0.29, 0.717) is 27.1 Å². The zero-order valence-corrected chi connectivity index (χ0v) is 24.4. The van der Waals surface area contributed by atoms with Gasteiger partial charge in [-0.2, -0.15) is 0 Å². The third kappa shape index (κ3) is 7.90. The number of nitrogens with one attached hydrogen (secondary N) is 1. The Morgan fingerprint density at radius 1 is 1.00 bits per heavy atom. The molecule has 202 valence electrons. The molecule has 1 N–H and O–H groups in total. The van der Waals surface area contributed by atoms with Crippen LogP contribution in [-0.2, 0) is 26.2 Å². The summed E-state index contributed by atoms with van der Waals surface area (Å²) in [5, 5.41) is 4.12. The van der Waals surface area contributed by atoms with Gasteiger partial charge in [-0.05, 0) is 55.2 Å². The first-order valence-electron chi connectivity index (χ1n) is 11.9. The highest BCUT2D eigenvalue weighted by molar-refractivity contribution is 7.92. The second kappa shape index (κ2) is 12.9. The highest BCUT2D eigenvalue weighted by Gasteiger charge is 2.33. The number of nitrogens with zero attached hydrogens (tertiary/aromatic N) is 2. The fraction of sp³-hybridized carbons (Fsp3) is 0.440. The lowest BCUT2D eigenvalue weighted by atomic mass is 10.1. The van der Waals surface area contributed by atoms with E-state index in [1.165, 1.54) is 23.1 Å². The zero-order valence-electron chi connectivity index (χ0n) is 20.5. The van der Waals surface area contributed by atoms with Crippen molar-refractivity contribution in [3.63, 3.8) is 0 Å². The van der Waals surface area contributed by atoms with Crippen LogP contribution in [0.2, 0.25) is 20.1 Å². The van der Waals surface area contributed by atoms with Crippen molar-refractivity contribution in [2.45, 2.75) is 57.7 Å². The number of benzene rings is 2. The highest BCUT2D eigenvalue weighted by Crippen LogP contribution is 2.31. The number of rotatable bonds is 10. The lowest BCUT2D eigenvalue weighted by Gasteiger charge is -2.33. The van der Waals surface area contributed by atoms with Gasteiger partial charge in [-0.1, -0.05) is 72.2 Å². The van der Waals surface area contributed by atoms with Crippen molar-refractivity contribution in [3.8, 4) is 0 Å². The minimum atomic E-state index is -3.92. The van der Waals surface area contributed by atoms with E-state index in [1.54, 1.807) is 25.1 Å². The average molecular weight is 609 g/mol. The van der Waals surface area contributed by atoms with Crippen LogP contribution in [0.4, 0.5) is 5.69 Å². The van der Waals surface area contributed by atoms with Crippen LogP contribution in [-0.4, -0.2) is 50.0 Å². The minimum absolute atomic E-state index is 0.0261. The molecule has 1 aliphatic rings. The molecule has 0 spiro atoms. The number of hydrogen-bond donors (Lipinski definition) is 1. The average Bonchev–Trinajstić information content (AvgIpc) is 3.32. The number of hydrogen-bond acceptors (Lipinski definition) is 4. The molecule has 0 saturated heterocycles. The van der Waals surface area contributed by atoms with Crippen LogP contribution in [0.25, 0.3) is 0 Å². The van der Waals surface area contributed by atoms with Crippen molar-refractivity contribution in [2.75, 3.05) is 17.1 Å². The van der Waals surface area contributed by atoms with Crippen LogP contribution >= 0.6 is 46.4 Å². The Morgan fingerprint density at radius 3 is 2.24 bits per heavy atom. The summed E-state index contributed by atoms with van der Waals surface area (Å²) >= 11 is 24.5. The summed E-state index contributed by atoms with van der Waals surface area (Å²) in [6, 6.07) is 8.50. The Labute approximate surface area is 238 Å². The Kier molecular flexibility index (Phi) is 10.4. The van der Waals surface area contributed by atoms with Crippen LogP contribution in [0, 0.1) is 0 Å². The molecule has 1 saturated carbocycles. The van der Waals surface area contributed by atoms with Gasteiger partial charge in [0.15, 0.2) is 0 Å². The number of carbonyl (C=O) groups is 2. The van der Waals surface area contributed by atoms with Crippen molar-refractivity contribution in [1.82, 2.24) is 10.2 Å². The molecule has 0 radical (unpaired) electrons. The van der Waals surface area contributed by atoms with Gasteiger partial charge in [-0.3, -0.25) is 13.9 Å². The molecular weight excluding hydrogens is 580 g/mol. The van der Waals surface area contributed by atoms with Crippen LogP contribution in [0.15, 0.2) is 36.4 Å². The Bertz CT molecular complexity index is 1250. The smallest absolute Gasteiger partial charge is 0.244 e. The van der Waals surface area contributed by atoms with Gasteiger partial charge in [-0.25, -0.2) is 8.42 Å². The normalized spacial score (nSPS) is 14.9. The summed E-state index contributed by atoms with van der Waals surface area (Å²) in [4.78, 5) is 28.5. The molecule has 1 fully saturated rings. The van der Waals surface area contributed by atoms with Gasteiger partial charge in [0, 0.05) is 17.6 Å². The first kappa shape index (κ1) is 29.8. The molecule has 1 aliphatic carbocycles. The summed E-state index contributed by atoms with van der Waals surface area (Å²) in [5.41, 5.74) is 0.755. The molecule has 0 heterocycles. The number of carbonyl (C=O) groups excluding carboxylic acids is 2. The SMILES string of the molecule is CC[C@H](C(=O)NC1CCCC1)N(Cc1ccc(Cl)c(Cl)c1)C(=O)CN(c1ccc(Cl)cc1Cl)S(C)(=O)=O. The van der Waals surface area contributed by atoms with Gasteiger partial charge in [-0.15, -0.1) is 0 Å². The molecule has 1 atom stereocenters. The second-order valence-electron chi connectivity index (χ2n) is 9.05. The third-order valence-electron chi connectivity index (χ3n) is 6.28. The molecule has 12 heteroatoms. The minimum Gasteiger partial charge on any atom is -0.352 e. The molecule has 3 rings (SSSR count). The number of halogens is 4. The van der Waals surface area contributed by atoms with Crippen molar-refractivity contribution >= 4 is 73.9 Å². The topological polar surface area (TPSA) is 86.8 Å². The van der Waals surface area contributed by atoms with Crippen molar-refractivity contribution in [1.29, 1.82) is 0 Å². The summed E-state index contributed by atoms with van der Waals surface area (Å²) < 4.78 is 26.4. The summed E-state index contributed by atoms with van der Waals surface area (Å²) in [5.74, 6) is -0.853. The molecule has 0 aromatic heterocycles. The lowest BCUT2D eigenvalue weighted by Crippen LogP contribution is -2.53. The van der Waals surface area contributed by atoms with E-state index in [-0.39, 0.29) is 29.2 Å². The molecule has 7 nitrogen and oxygen atoms in total. The van der Waals surface area contributed by atoms with Crippen molar-refractivity contribution in [3.05, 3.63) is 62.1 Å². The van der Waals surface area contributed by atoms with Crippen LogP contribution in [0.5, 0.6) is 0 Å². The van der Waals surface area contributed by atoms with E-state index >= 15 is 0 Å². The standard InChI is InChI=1S/C25H29Cl4N3O4S/c1-3-22(25(34)30-18-6-4-5-7-18)31(14-16-8-10-19(27)20(28)12-16)24(33)15-32(37(2,35)36)23-11-9-17(26)13-21(23)29/h8-13,18,22H,3-7,14-15H2,1-2H3,(H,30,34)/t22-/m1/s1.